The van der Waals surface area contributed by atoms with Crippen LogP contribution >= 0.6 is 27.5 Å². The SMILES string of the molecule is O=C(NCCS(=O)(=O)N1CCN(c2ccccc2Cl)CC1)c1ccc(Br)cc1. The molecule has 1 N–H and O–H groups in total. The highest BCUT2D eigenvalue weighted by atomic mass is 79.9. The Balaban J connectivity index is 1.49. The maximum atomic E-state index is 12.6. The molecule has 0 atom stereocenters. The number of anilines is 1. The van der Waals surface area contributed by atoms with Crippen LogP contribution in [0.5, 0.6) is 0 Å². The number of nitrogens with one attached hydrogen (secondary N) is 1. The zero-order valence-electron chi connectivity index (χ0n) is 15.1. The predicted molar refractivity (Wildman–Crippen MR) is 116 cm³/mol. The second-order valence-corrected chi connectivity index (χ2v) is 9.83. The first-order chi connectivity index (χ1) is 13.4. The van der Waals surface area contributed by atoms with Crippen LogP contribution in [0.4, 0.5) is 5.69 Å². The normalized spacial score (nSPS) is 15.4. The lowest BCUT2D eigenvalue weighted by atomic mass is 10.2. The molecule has 0 bridgehead atoms. The summed E-state index contributed by atoms with van der Waals surface area (Å²) in [6.07, 6.45) is 0. The highest BCUT2D eigenvalue weighted by molar-refractivity contribution is 9.10. The Labute approximate surface area is 178 Å². The van der Waals surface area contributed by atoms with Crippen molar-refractivity contribution in [2.75, 3.05) is 43.4 Å². The molecule has 0 aromatic heterocycles. The molecule has 150 valence electrons. The summed E-state index contributed by atoms with van der Waals surface area (Å²) in [7, 11) is -3.43. The van der Waals surface area contributed by atoms with Crippen LogP contribution in [0.25, 0.3) is 0 Å². The summed E-state index contributed by atoms with van der Waals surface area (Å²) >= 11 is 9.54. The second kappa shape index (κ2) is 9.26. The van der Waals surface area contributed by atoms with Crippen LogP contribution in [0, 0.1) is 0 Å². The Bertz CT molecular complexity index is 930. The van der Waals surface area contributed by atoms with Crippen molar-refractivity contribution in [1.82, 2.24) is 9.62 Å². The monoisotopic (exact) mass is 485 g/mol. The molecule has 0 saturated carbocycles. The summed E-state index contributed by atoms with van der Waals surface area (Å²) in [5.41, 5.74) is 1.41. The Morgan fingerprint density at radius 1 is 1.04 bits per heavy atom. The van der Waals surface area contributed by atoms with Gasteiger partial charge in [0.1, 0.15) is 0 Å². The van der Waals surface area contributed by atoms with E-state index in [-0.39, 0.29) is 18.2 Å². The van der Waals surface area contributed by atoms with Crippen molar-refractivity contribution in [1.29, 1.82) is 0 Å². The van der Waals surface area contributed by atoms with Gasteiger partial charge in [-0.3, -0.25) is 4.79 Å². The summed E-state index contributed by atoms with van der Waals surface area (Å²) in [6.45, 7) is 2.02. The number of benzene rings is 2. The van der Waals surface area contributed by atoms with Crippen LogP contribution in [0.15, 0.2) is 53.0 Å². The first-order valence-corrected chi connectivity index (χ1v) is 11.7. The molecule has 28 heavy (non-hydrogen) atoms. The highest BCUT2D eigenvalue weighted by Crippen LogP contribution is 2.26. The zero-order chi connectivity index (χ0) is 20.1. The lowest BCUT2D eigenvalue weighted by Gasteiger charge is -2.35. The van der Waals surface area contributed by atoms with Gasteiger partial charge in [0.05, 0.1) is 16.5 Å². The van der Waals surface area contributed by atoms with Crippen LogP contribution in [0.1, 0.15) is 10.4 Å². The third kappa shape index (κ3) is 5.26. The van der Waals surface area contributed by atoms with Gasteiger partial charge in [-0.05, 0) is 36.4 Å². The maximum Gasteiger partial charge on any atom is 0.251 e. The highest BCUT2D eigenvalue weighted by Gasteiger charge is 2.27. The Morgan fingerprint density at radius 3 is 2.32 bits per heavy atom. The molecule has 0 spiro atoms. The number of para-hydroxylation sites is 1. The van der Waals surface area contributed by atoms with Crippen molar-refractivity contribution in [3.8, 4) is 0 Å². The number of hydrogen-bond donors (Lipinski definition) is 1. The number of halogens is 2. The number of sulfonamides is 1. The van der Waals surface area contributed by atoms with Crippen LogP contribution in [-0.4, -0.2) is 57.1 Å². The first-order valence-electron chi connectivity index (χ1n) is 8.88. The summed E-state index contributed by atoms with van der Waals surface area (Å²) in [4.78, 5) is 14.2. The van der Waals surface area contributed by atoms with Crippen molar-refractivity contribution >= 4 is 49.1 Å². The van der Waals surface area contributed by atoms with E-state index in [0.29, 0.717) is 36.8 Å². The fourth-order valence-electron chi connectivity index (χ4n) is 3.04. The zero-order valence-corrected chi connectivity index (χ0v) is 18.3. The number of hydrogen-bond acceptors (Lipinski definition) is 4. The lowest BCUT2D eigenvalue weighted by molar-refractivity contribution is 0.0956. The van der Waals surface area contributed by atoms with E-state index in [9.17, 15) is 13.2 Å². The summed E-state index contributed by atoms with van der Waals surface area (Å²) < 4.78 is 27.5. The van der Waals surface area contributed by atoms with Crippen molar-refractivity contribution in [2.45, 2.75) is 0 Å². The molecule has 0 aliphatic carbocycles. The number of carbonyl (C=O) groups excluding carboxylic acids is 1. The van der Waals surface area contributed by atoms with Gasteiger partial charge in [-0.15, -0.1) is 0 Å². The molecular formula is C19H21BrClN3O3S. The number of nitrogens with zero attached hydrogens (tertiary/aromatic N) is 2. The molecule has 3 rings (SSSR count). The van der Waals surface area contributed by atoms with E-state index in [2.05, 4.69) is 26.1 Å². The van der Waals surface area contributed by atoms with E-state index in [1.54, 1.807) is 24.3 Å². The molecule has 0 unspecified atom stereocenters. The largest absolute Gasteiger partial charge is 0.368 e. The third-order valence-corrected chi connectivity index (χ3v) is 7.30. The molecular weight excluding hydrogens is 466 g/mol. The fourth-order valence-corrected chi connectivity index (χ4v) is 4.90. The molecule has 9 heteroatoms. The number of amides is 1. The van der Waals surface area contributed by atoms with E-state index in [4.69, 9.17) is 11.6 Å². The molecule has 2 aromatic rings. The molecule has 1 fully saturated rings. The number of carbonyl (C=O) groups is 1. The van der Waals surface area contributed by atoms with Gasteiger partial charge in [0.2, 0.25) is 10.0 Å². The standard InChI is InChI=1S/C19H21BrClN3O3S/c20-16-7-5-15(6-8-16)19(25)22-9-14-28(26,27)24-12-10-23(11-13-24)18-4-2-1-3-17(18)21/h1-8H,9-14H2,(H,22,25). The molecule has 1 aliphatic heterocycles. The summed E-state index contributed by atoms with van der Waals surface area (Å²) in [5.74, 6) is -0.410. The molecule has 1 saturated heterocycles. The van der Waals surface area contributed by atoms with Gasteiger partial charge in [-0.2, -0.15) is 4.31 Å². The van der Waals surface area contributed by atoms with Crippen molar-refractivity contribution in [3.63, 3.8) is 0 Å². The van der Waals surface area contributed by atoms with Crippen LogP contribution in [0.3, 0.4) is 0 Å². The quantitative estimate of drug-likeness (QED) is 0.681. The minimum absolute atomic E-state index is 0.0714. The van der Waals surface area contributed by atoms with E-state index in [1.165, 1.54) is 4.31 Å². The number of piperazine rings is 1. The summed E-state index contributed by atoms with van der Waals surface area (Å²) in [5, 5.41) is 3.33. The second-order valence-electron chi connectivity index (χ2n) is 6.42. The van der Waals surface area contributed by atoms with E-state index < -0.39 is 10.0 Å². The average molecular weight is 487 g/mol. The minimum atomic E-state index is -3.43. The van der Waals surface area contributed by atoms with Crippen molar-refractivity contribution < 1.29 is 13.2 Å². The Morgan fingerprint density at radius 2 is 1.68 bits per heavy atom. The molecule has 2 aromatic carbocycles. The van der Waals surface area contributed by atoms with Gasteiger partial charge in [-0.1, -0.05) is 39.7 Å². The smallest absolute Gasteiger partial charge is 0.251 e. The van der Waals surface area contributed by atoms with Crippen molar-refractivity contribution in [2.24, 2.45) is 0 Å². The molecule has 0 radical (unpaired) electrons. The van der Waals surface area contributed by atoms with Gasteiger partial charge < -0.3 is 10.2 Å². The topological polar surface area (TPSA) is 69.7 Å². The Kier molecular flexibility index (Phi) is 6.98. The van der Waals surface area contributed by atoms with Gasteiger partial charge in [0.15, 0.2) is 0 Å². The van der Waals surface area contributed by atoms with Crippen LogP contribution in [-0.2, 0) is 10.0 Å². The van der Waals surface area contributed by atoms with E-state index in [0.717, 1.165) is 10.2 Å². The first kappa shape index (κ1) is 21.1. The molecule has 6 nitrogen and oxygen atoms in total. The predicted octanol–water partition coefficient (Wildman–Crippen LogP) is 2.98. The lowest BCUT2D eigenvalue weighted by Crippen LogP contribution is -2.50. The minimum Gasteiger partial charge on any atom is -0.368 e. The third-order valence-electron chi connectivity index (χ3n) is 4.58. The van der Waals surface area contributed by atoms with Gasteiger partial charge in [-0.25, -0.2) is 8.42 Å². The maximum absolute atomic E-state index is 12.6. The van der Waals surface area contributed by atoms with Crippen LogP contribution in [0.2, 0.25) is 5.02 Å². The van der Waals surface area contributed by atoms with Gasteiger partial charge >= 0.3 is 0 Å². The van der Waals surface area contributed by atoms with E-state index in [1.807, 2.05) is 24.3 Å². The molecule has 1 amide bonds. The average Bonchev–Trinajstić information content (AvgIpc) is 2.69. The van der Waals surface area contributed by atoms with Gasteiger partial charge in [0.25, 0.3) is 5.91 Å². The van der Waals surface area contributed by atoms with Gasteiger partial charge in [0, 0.05) is 42.8 Å². The molecule has 1 heterocycles. The van der Waals surface area contributed by atoms with Crippen molar-refractivity contribution in [3.05, 3.63) is 63.6 Å². The van der Waals surface area contributed by atoms with E-state index >= 15 is 0 Å². The van der Waals surface area contributed by atoms with Crippen LogP contribution < -0.4 is 10.2 Å². The fraction of sp³-hybridized carbons (Fsp3) is 0.316. The number of rotatable bonds is 6. The summed E-state index contributed by atoms with van der Waals surface area (Å²) in [6, 6.07) is 14.4. The Hall–Kier alpha value is -1.61. The molecule has 1 aliphatic rings.